The molecule has 2 heterocycles. The van der Waals surface area contributed by atoms with E-state index in [0.29, 0.717) is 20.4 Å². The highest BCUT2D eigenvalue weighted by atomic mass is 127. The van der Waals surface area contributed by atoms with Crippen molar-refractivity contribution in [3.63, 3.8) is 0 Å². The van der Waals surface area contributed by atoms with E-state index in [1.54, 1.807) is 6.92 Å². The van der Waals surface area contributed by atoms with Gasteiger partial charge in [0.2, 0.25) is 0 Å². The van der Waals surface area contributed by atoms with Gasteiger partial charge in [-0.15, -0.1) is 13.2 Å². The first kappa shape index (κ1) is 17.6. The number of ether oxygens (including phenoxy) is 1. The molecule has 0 saturated heterocycles. The summed E-state index contributed by atoms with van der Waals surface area (Å²) in [5.74, 6) is -0.773. The number of nitrogens with zero attached hydrogens (tertiary/aromatic N) is 3. The van der Waals surface area contributed by atoms with Gasteiger partial charge in [0.25, 0.3) is 0 Å². The van der Waals surface area contributed by atoms with Crippen LogP contribution in [0.3, 0.4) is 0 Å². The summed E-state index contributed by atoms with van der Waals surface area (Å²) in [4.78, 5) is 4.05. The lowest BCUT2D eigenvalue weighted by atomic mass is 10.1. The molecule has 0 aliphatic rings. The van der Waals surface area contributed by atoms with Gasteiger partial charge >= 0.3 is 6.36 Å². The number of hydrogen-bond acceptors (Lipinski definition) is 3. The quantitative estimate of drug-likeness (QED) is 0.411. The van der Waals surface area contributed by atoms with E-state index in [4.69, 9.17) is 0 Å². The van der Waals surface area contributed by atoms with Crippen LogP contribution in [-0.2, 0) is 0 Å². The molecule has 0 spiro atoms. The lowest BCUT2D eigenvalue weighted by molar-refractivity contribution is -0.274. The van der Waals surface area contributed by atoms with Gasteiger partial charge in [-0.1, -0.05) is 12.1 Å². The molecule has 9 heteroatoms. The monoisotopic (exact) mass is 463 g/mol. The van der Waals surface area contributed by atoms with E-state index in [1.165, 1.54) is 47.4 Å². The molecule has 2 aromatic heterocycles. The van der Waals surface area contributed by atoms with Gasteiger partial charge in [-0.05, 0) is 58.8 Å². The van der Waals surface area contributed by atoms with E-state index < -0.39 is 12.2 Å². The average Bonchev–Trinajstić information content (AvgIpc) is 2.88. The van der Waals surface area contributed by atoms with Crippen LogP contribution in [0, 0.1) is 16.4 Å². The van der Waals surface area contributed by atoms with Crippen molar-refractivity contribution in [2.45, 2.75) is 13.3 Å². The van der Waals surface area contributed by atoms with Crippen LogP contribution in [0.5, 0.6) is 5.75 Å². The number of rotatable bonds is 3. The first-order valence-electron chi connectivity index (χ1n) is 6.97. The van der Waals surface area contributed by atoms with Gasteiger partial charge in [0.1, 0.15) is 9.45 Å². The second-order valence-electron chi connectivity index (χ2n) is 5.15. The fourth-order valence-corrected chi connectivity index (χ4v) is 3.00. The predicted octanol–water partition coefficient (Wildman–Crippen LogP) is 4.89. The van der Waals surface area contributed by atoms with Crippen molar-refractivity contribution in [3.8, 4) is 22.7 Å². The van der Waals surface area contributed by atoms with Gasteiger partial charge in [0, 0.05) is 11.8 Å². The standard InChI is InChI=1S/C16H10F4IN3O/c1-9-6-13(17)15(22-7-9)24-14(21)12(8-23-24)10-2-4-11(5-3-10)25-16(18,19)20/h2-8H,1H3. The second-order valence-corrected chi connectivity index (χ2v) is 6.17. The molecular formula is C16H10F4IN3O. The summed E-state index contributed by atoms with van der Waals surface area (Å²) in [6, 6.07) is 6.72. The van der Waals surface area contributed by atoms with Crippen molar-refractivity contribution >= 4 is 22.6 Å². The van der Waals surface area contributed by atoms with Crippen molar-refractivity contribution in [3.05, 3.63) is 57.8 Å². The van der Waals surface area contributed by atoms with E-state index in [0.717, 1.165) is 0 Å². The summed E-state index contributed by atoms with van der Waals surface area (Å²) in [5, 5.41) is 4.13. The van der Waals surface area contributed by atoms with Crippen LogP contribution in [0.25, 0.3) is 16.9 Å². The second kappa shape index (κ2) is 6.62. The summed E-state index contributed by atoms with van der Waals surface area (Å²) in [6.07, 6.45) is -1.71. The van der Waals surface area contributed by atoms with Gasteiger partial charge in [0.15, 0.2) is 11.6 Å². The van der Waals surface area contributed by atoms with Crippen molar-refractivity contribution in [2.75, 3.05) is 0 Å². The Kier molecular flexibility index (Phi) is 4.67. The van der Waals surface area contributed by atoms with E-state index in [-0.39, 0.29) is 11.6 Å². The van der Waals surface area contributed by atoms with Gasteiger partial charge in [-0.3, -0.25) is 0 Å². The largest absolute Gasteiger partial charge is 0.573 e. The zero-order valence-electron chi connectivity index (χ0n) is 12.7. The summed E-state index contributed by atoms with van der Waals surface area (Å²) in [5.41, 5.74) is 1.95. The Hall–Kier alpha value is -2.17. The normalized spacial score (nSPS) is 11.6. The minimum Gasteiger partial charge on any atom is -0.406 e. The minimum absolute atomic E-state index is 0.0540. The molecule has 0 N–H and O–H groups in total. The van der Waals surface area contributed by atoms with Crippen molar-refractivity contribution in [1.29, 1.82) is 0 Å². The third-order valence-electron chi connectivity index (χ3n) is 3.27. The minimum atomic E-state index is -4.74. The van der Waals surface area contributed by atoms with Gasteiger partial charge < -0.3 is 4.74 Å². The first-order chi connectivity index (χ1) is 11.7. The smallest absolute Gasteiger partial charge is 0.406 e. The number of benzene rings is 1. The third-order valence-corrected chi connectivity index (χ3v) is 4.31. The van der Waals surface area contributed by atoms with Crippen LogP contribution in [0.4, 0.5) is 17.6 Å². The topological polar surface area (TPSA) is 39.9 Å². The Morgan fingerprint density at radius 1 is 1.12 bits per heavy atom. The molecule has 130 valence electrons. The maximum absolute atomic E-state index is 14.1. The number of aromatic nitrogens is 3. The number of aryl methyl sites for hydroxylation is 1. The molecule has 0 aliphatic heterocycles. The van der Waals surface area contributed by atoms with Crippen LogP contribution in [0.15, 0.2) is 42.7 Å². The zero-order valence-corrected chi connectivity index (χ0v) is 14.8. The molecular weight excluding hydrogens is 453 g/mol. The van der Waals surface area contributed by atoms with E-state index in [9.17, 15) is 17.6 Å². The SMILES string of the molecule is Cc1cnc(-n2ncc(-c3ccc(OC(F)(F)F)cc3)c2I)c(F)c1. The Labute approximate surface area is 153 Å². The van der Waals surface area contributed by atoms with E-state index in [1.807, 2.05) is 22.6 Å². The molecule has 0 amide bonds. The van der Waals surface area contributed by atoms with Gasteiger partial charge in [-0.25, -0.2) is 14.1 Å². The van der Waals surface area contributed by atoms with Crippen LogP contribution in [-0.4, -0.2) is 21.1 Å². The Balaban J connectivity index is 1.93. The maximum atomic E-state index is 14.1. The molecule has 1 aromatic carbocycles. The van der Waals surface area contributed by atoms with Gasteiger partial charge in [-0.2, -0.15) is 5.10 Å². The Morgan fingerprint density at radius 2 is 1.80 bits per heavy atom. The third kappa shape index (κ3) is 3.91. The van der Waals surface area contributed by atoms with Crippen molar-refractivity contribution in [2.24, 2.45) is 0 Å². The summed E-state index contributed by atoms with van der Waals surface area (Å²) < 4.78 is 56.5. The van der Waals surface area contributed by atoms with Crippen LogP contribution >= 0.6 is 22.6 Å². The number of hydrogen-bond donors (Lipinski definition) is 0. The molecule has 0 bridgehead atoms. The van der Waals surface area contributed by atoms with Crippen LogP contribution in [0.2, 0.25) is 0 Å². The number of alkyl halides is 3. The van der Waals surface area contributed by atoms with Crippen molar-refractivity contribution in [1.82, 2.24) is 14.8 Å². The molecule has 3 rings (SSSR count). The average molecular weight is 463 g/mol. The Bertz CT molecular complexity index is 907. The van der Waals surface area contributed by atoms with E-state index >= 15 is 0 Å². The molecule has 0 fully saturated rings. The van der Waals surface area contributed by atoms with Crippen molar-refractivity contribution < 1.29 is 22.3 Å². The summed E-state index contributed by atoms with van der Waals surface area (Å²) >= 11 is 1.98. The molecule has 0 atom stereocenters. The fraction of sp³-hybridized carbons (Fsp3) is 0.125. The number of halogens is 5. The maximum Gasteiger partial charge on any atom is 0.573 e. The summed E-state index contributed by atoms with van der Waals surface area (Å²) in [7, 11) is 0. The molecule has 3 aromatic rings. The van der Waals surface area contributed by atoms with E-state index in [2.05, 4.69) is 14.8 Å². The molecule has 4 nitrogen and oxygen atoms in total. The first-order valence-corrected chi connectivity index (χ1v) is 8.05. The lowest BCUT2D eigenvalue weighted by Crippen LogP contribution is -2.16. The number of pyridine rings is 1. The van der Waals surface area contributed by atoms with Crippen LogP contribution < -0.4 is 4.74 Å². The lowest BCUT2D eigenvalue weighted by Gasteiger charge is -2.09. The summed E-state index contributed by atoms with van der Waals surface area (Å²) in [6.45, 7) is 1.73. The molecule has 0 saturated carbocycles. The fourth-order valence-electron chi connectivity index (χ4n) is 2.19. The highest BCUT2D eigenvalue weighted by molar-refractivity contribution is 14.1. The predicted molar refractivity (Wildman–Crippen MR) is 90.9 cm³/mol. The molecule has 25 heavy (non-hydrogen) atoms. The van der Waals surface area contributed by atoms with Crippen LogP contribution in [0.1, 0.15) is 5.56 Å². The molecule has 0 radical (unpaired) electrons. The Morgan fingerprint density at radius 3 is 2.40 bits per heavy atom. The molecule has 0 aliphatic carbocycles. The van der Waals surface area contributed by atoms with Gasteiger partial charge in [0.05, 0.1) is 6.20 Å². The zero-order chi connectivity index (χ0) is 18.2. The highest BCUT2D eigenvalue weighted by Crippen LogP contribution is 2.30. The highest BCUT2D eigenvalue weighted by Gasteiger charge is 2.31. The molecule has 0 unspecified atom stereocenters.